The zero-order valence-corrected chi connectivity index (χ0v) is 12.3. The molecule has 0 fully saturated rings. The molecule has 1 aromatic carbocycles. The van der Waals surface area contributed by atoms with Crippen LogP contribution >= 0.6 is 11.8 Å². The highest BCUT2D eigenvalue weighted by Gasteiger charge is 2.40. The smallest absolute Gasteiger partial charge is 0.221 e. The molecular formula is C16H19NOS. The van der Waals surface area contributed by atoms with Gasteiger partial charge in [0.05, 0.1) is 0 Å². The maximum Gasteiger partial charge on any atom is 0.221 e. The highest BCUT2D eigenvalue weighted by Crippen LogP contribution is 2.51. The number of amides is 1. The van der Waals surface area contributed by atoms with E-state index >= 15 is 0 Å². The lowest BCUT2D eigenvalue weighted by Gasteiger charge is -2.35. The normalized spacial score (nSPS) is 24.9. The number of rotatable bonds is 2. The van der Waals surface area contributed by atoms with E-state index < -0.39 is 0 Å². The fourth-order valence-corrected chi connectivity index (χ4v) is 4.60. The molecule has 1 N–H and O–H groups in total. The monoisotopic (exact) mass is 273 g/mol. The summed E-state index contributed by atoms with van der Waals surface area (Å²) in [4.78, 5) is 11.8. The fraction of sp³-hybridized carbons (Fsp3) is 0.438. The van der Waals surface area contributed by atoms with Gasteiger partial charge in [-0.2, -0.15) is 11.8 Å². The van der Waals surface area contributed by atoms with E-state index in [1.807, 2.05) is 11.8 Å². The van der Waals surface area contributed by atoms with Crippen LogP contribution < -0.4 is 5.32 Å². The topological polar surface area (TPSA) is 29.1 Å². The van der Waals surface area contributed by atoms with Gasteiger partial charge in [-0.1, -0.05) is 24.3 Å². The van der Waals surface area contributed by atoms with Gasteiger partial charge in [-0.25, -0.2) is 0 Å². The predicted octanol–water partition coefficient (Wildman–Crippen LogP) is 3.03. The SMILES string of the molecule is CNC(=O)CC1(C)SCCC2=C1Cc1ccccc12. The standard InChI is InChI=1S/C16H19NOS/c1-16(10-15(18)17-2)14-9-11-5-3-4-6-12(11)13(14)7-8-19-16/h3-6H,7-10H2,1-2H3,(H,17,18). The molecule has 0 radical (unpaired) electrons. The second-order valence-electron chi connectivity index (χ2n) is 5.47. The molecule has 3 rings (SSSR count). The van der Waals surface area contributed by atoms with E-state index in [4.69, 9.17) is 0 Å². The molecule has 1 aliphatic heterocycles. The molecule has 0 saturated heterocycles. The number of allylic oxidation sites excluding steroid dienone is 1. The van der Waals surface area contributed by atoms with Gasteiger partial charge in [-0.3, -0.25) is 4.79 Å². The quantitative estimate of drug-likeness (QED) is 0.897. The number of thioether (sulfide) groups is 1. The molecule has 19 heavy (non-hydrogen) atoms. The average molecular weight is 273 g/mol. The maximum absolute atomic E-state index is 11.8. The minimum absolute atomic E-state index is 0.0350. The van der Waals surface area contributed by atoms with Crippen molar-refractivity contribution in [2.45, 2.75) is 30.9 Å². The summed E-state index contributed by atoms with van der Waals surface area (Å²) >= 11 is 1.94. The third kappa shape index (κ3) is 2.10. The van der Waals surface area contributed by atoms with E-state index in [0.29, 0.717) is 6.42 Å². The fourth-order valence-electron chi connectivity index (χ4n) is 3.24. The number of hydrogen-bond donors (Lipinski definition) is 1. The first-order chi connectivity index (χ1) is 9.14. The minimum atomic E-state index is -0.0350. The van der Waals surface area contributed by atoms with Gasteiger partial charge >= 0.3 is 0 Å². The van der Waals surface area contributed by atoms with Crippen molar-refractivity contribution in [2.24, 2.45) is 0 Å². The third-order valence-corrected chi connectivity index (χ3v) is 5.70. The van der Waals surface area contributed by atoms with E-state index in [2.05, 4.69) is 36.5 Å². The molecule has 3 heteroatoms. The van der Waals surface area contributed by atoms with Crippen LogP contribution in [0.25, 0.3) is 5.57 Å². The molecule has 1 atom stereocenters. The Balaban J connectivity index is 1.99. The van der Waals surface area contributed by atoms with E-state index in [-0.39, 0.29) is 10.7 Å². The van der Waals surface area contributed by atoms with Gasteiger partial charge in [0, 0.05) is 18.2 Å². The number of nitrogens with one attached hydrogen (secondary N) is 1. The first-order valence-electron chi connectivity index (χ1n) is 6.79. The molecule has 0 saturated carbocycles. The second-order valence-corrected chi connectivity index (χ2v) is 7.07. The summed E-state index contributed by atoms with van der Waals surface area (Å²) in [6.45, 7) is 2.23. The number of carbonyl (C=O) groups excluding carboxylic acids is 1. The Morgan fingerprint density at radius 2 is 2.21 bits per heavy atom. The van der Waals surface area contributed by atoms with Crippen molar-refractivity contribution < 1.29 is 4.79 Å². The second kappa shape index (κ2) is 4.71. The van der Waals surface area contributed by atoms with Gasteiger partial charge < -0.3 is 5.32 Å². The van der Waals surface area contributed by atoms with Crippen LogP contribution in [-0.2, 0) is 11.2 Å². The molecule has 2 aliphatic rings. The molecular weight excluding hydrogens is 254 g/mol. The summed E-state index contributed by atoms with van der Waals surface area (Å²) in [5, 5.41) is 2.76. The van der Waals surface area contributed by atoms with Crippen LogP contribution in [-0.4, -0.2) is 23.5 Å². The summed E-state index contributed by atoms with van der Waals surface area (Å²) in [6, 6.07) is 8.68. The summed E-state index contributed by atoms with van der Waals surface area (Å²) in [5.41, 5.74) is 5.83. The molecule has 1 amide bonds. The lowest BCUT2D eigenvalue weighted by Crippen LogP contribution is -2.34. The highest BCUT2D eigenvalue weighted by molar-refractivity contribution is 8.00. The highest BCUT2D eigenvalue weighted by atomic mass is 32.2. The van der Waals surface area contributed by atoms with Crippen molar-refractivity contribution in [1.82, 2.24) is 5.32 Å². The van der Waals surface area contributed by atoms with E-state index in [1.165, 1.54) is 22.3 Å². The lowest BCUT2D eigenvalue weighted by atomic mass is 9.90. The summed E-state index contributed by atoms with van der Waals surface area (Å²) in [7, 11) is 1.72. The van der Waals surface area contributed by atoms with Gasteiger partial charge in [0.1, 0.15) is 0 Å². The zero-order chi connectivity index (χ0) is 13.5. The Morgan fingerprint density at radius 3 is 3.00 bits per heavy atom. The molecule has 1 aliphatic carbocycles. The molecule has 0 spiro atoms. The van der Waals surface area contributed by atoms with Crippen LogP contribution in [0.4, 0.5) is 0 Å². The summed E-state index contributed by atoms with van der Waals surface area (Å²) < 4.78 is -0.0350. The molecule has 0 aromatic heterocycles. The van der Waals surface area contributed by atoms with E-state index in [1.54, 1.807) is 7.05 Å². The molecule has 100 valence electrons. The van der Waals surface area contributed by atoms with Gasteiger partial charge in [-0.15, -0.1) is 0 Å². The van der Waals surface area contributed by atoms with E-state index in [0.717, 1.165) is 18.6 Å². The van der Waals surface area contributed by atoms with Crippen LogP contribution in [0, 0.1) is 0 Å². The first kappa shape index (κ1) is 12.8. The number of hydrogen-bond acceptors (Lipinski definition) is 2. The van der Waals surface area contributed by atoms with Gasteiger partial charge in [0.2, 0.25) is 5.91 Å². The molecule has 1 aromatic rings. The lowest BCUT2D eigenvalue weighted by molar-refractivity contribution is -0.120. The Bertz CT molecular complexity index is 564. The van der Waals surface area contributed by atoms with E-state index in [9.17, 15) is 4.79 Å². The first-order valence-corrected chi connectivity index (χ1v) is 7.78. The van der Waals surface area contributed by atoms with Gasteiger partial charge in [-0.05, 0) is 47.8 Å². The van der Waals surface area contributed by atoms with Crippen molar-refractivity contribution in [2.75, 3.05) is 12.8 Å². The molecule has 1 heterocycles. The van der Waals surface area contributed by atoms with Gasteiger partial charge in [0.15, 0.2) is 0 Å². The number of carbonyl (C=O) groups is 1. The number of fused-ring (bicyclic) bond motifs is 2. The minimum Gasteiger partial charge on any atom is -0.359 e. The van der Waals surface area contributed by atoms with Crippen LogP contribution in [0.5, 0.6) is 0 Å². The Labute approximate surface area is 118 Å². The maximum atomic E-state index is 11.8. The van der Waals surface area contributed by atoms with Crippen molar-refractivity contribution in [3.63, 3.8) is 0 Å². The summed E-state index contributed by atoms with van der Waals surface area (Å²) in [6.07, 6.45) is 2.74. The Hall–Kier alpha value is -1.22. The zero-order valence-electron chi connectivity index (χ0n) is 11.5. The largest absolute Gasteiger partial charge is 0.359 e. The van der Waals surface area contributed by atoms with Crippen molar-refractivity contribution >= 4 is 23.2 Å². The van der Waals surface area contributed by atoms with Crippen LogP contribution in [0.15, 0.2) is 29.8 Å². The Kier molecular flexibility index (Phi) is 3.17. The molecule has 2 nitrogen and oxygen atoms in total. The van der Waals surface area contributed by atoms with Gasteiger partial charge in [0.25, 0.3) is 0 Å². The average Bonchev–Trinajstić information content (AvgIpc) is 2.79. The number of benzene rings is 1. The molecule has 0 bridgehead atoms. The van der Waals surface area contributed by atoms with Crippen LogP contribution in [0.1, 0.15) is 30.9 Å². The summed E-state index contributed by atoms with van der Waals surface area (Å²) in [5.74, 6) is 1.25. The van der Waals surface area contributed by atoms with Crippen LogP contribution in [0.2, 0.25) is 0 Å². The Morgan fingerprint density at radius 1 is 1.42 bits per heavy atom. The predicted molar refractivity (Wildman–Crippen MR) is 81.2 cm³/mol. The molecule has 1 unspecified atom stereocenters. The van der Waals surface area contributed by atoms with Crippen molar-refractivity contribution in [3.05, 3.63) is 41.0 Å². The van der Waals surface area contributed by atoms with Crippen molar-refractivity contribution in [1.29, 1.82) is 0 Å². The third-order valence-electron chi connectivity index (χ3n) is 4.26. The van der Waals surface area contributed by atoms with Crippen LogP contribution in [0.3, 0.4) is 0 Å². The van der Waals surface area contributed by atoms with Crippen molar-refractivity contribution in [3.8, 4) is 0 Å².